The maximum atomic E-state index is 6.34. The minimum absolute atomic E-state index is 0.456. The molecular formula is C15H15N5O. The number of aromatic nitrogens is 4. The van der Waals surface area contributed by atoms with Gasteiger partial charge in [0.2, 0.25) is 11.7 Å². The van der Waals surface area contributed by atoms with E-state index in [1.165, 1.54) is 0 Å². The molecule has 0 amide bonds. The molecule has 2 heterocycles. The second-order valence-corrected chi connectivity index (χ2v) is 5.55. The number of rotatable bonds is 2. The third-order valence-electron chi connectivity index (χ3n) is 4.08. The summed E-state index contributed by atoms with van der Waals surface area (Å²) in [5.41, 5.74) is 8.40. The number of benzene rings is 1. The molecule has 0 bridgehead atoms. The molecule has 0 unspecified atom stereocenters. The summed E-state index contributed by atoms with van der Waals surface area (Å²) in [5.74, 6) is 1.09. The number of nitrogens with zero attached hydrogens (tertiary/aromatic N) is 4. The molecule has 6 heteroatoms. The van der Waals surface area contributed by atoms with Crippen molar-refractivity contribution in [2.75, 3.05) is 0 Å². The van der Waals surface area contributed by atoms with Crippen LogP contribution in [0.2, 0.25) is 0 Å². The Hall–Kier alpha value is -2.34. The maximum absolute atomic E-state index is 6.34. The molecular weight excluding hydrogens is 266 g/mol. The first kappa shape index (κ1) is 12.4. The first-order valence-electron chi connectivity index (χ1n) is 7.09. The molecule has 0 aliphatic heterocycles. The topological polar surface area (TPSA) is 90.7 Å². The summed E-state index contributed by atoms with van der Waals surface area (Å²) < 4.78 is 5.40. The van der Waals surface area contributed by atoms with E-state index >= 15 is 0 Å². The highest BCUT2D eigenvalue weighted by molar-refractivity contribution is 5.79. The van der Waals surface area contributed by atoms with E-state index in [2.05, 4.69) is 20.1 Å². The molecule has 1 aliphatic rings. The van der Waals surface area contributed by atoms with Crippen LogP contribution in [-0.2, 0) is 5.54 Å². The third kappa shape index (κ3) is 2.08. The van der Waals surface area contributed by atoms with E-state index in [1.807, 2.05) is 18.2 Å². The molecule has 0 radical (unpaired) electrons. The van der Waals surface area contributed by atoms with Crippen LogP contribution < -0.4 is 5.73 Å². The first-order valence-corrected chi connectivity index (χ1v) is 7.09. The molecule has 6 nitrogen and oxygen atoms in total. The molecule has 4 rings (SSSR count). The molecule has 0 spiro atoms. The van der Waals surface area contributed by atoms with Crippen LogP contribution in [-0.4, -0.2) is 20.1 Å². The zero-order chi connectivity index (χ0) is 14.3. The normalized spacial score (nSPS) is 17.4. The molecule has 2 N–H and O–H groups in total. The molecule has 1 fully saturated rings. The molecule has 1 aromatic carbocycles. The van der Waals surface area contributed by atoms with Crippen LogP contribution in [0.3, 0.4) is 0 Å². The first-order chi connectivity index (χ1) is 10.2. The van der Waals surface area contributed by atoms with E-state index in [9.17, 15) is 0 Å². The van der Waals surface area contributed by atoms with Crippen LogP contribution in [0.1, 0.15) is 31.6 Å². The van der Waals surface area contributed by atoms with Gasteiger partial charge in [0.15, 0.2) is 0 Å². The molecule has 106 valence electrons. The van der Waals surface area contributed by atoms with Gasteiger partial charge in [-0.15, -0.1) is 0 Å². The van der Waals surface area contributed by atoms with Crippen LogP contribution in [0.15, 0.2) is 35.1 Å². The van der Waals surface area contributed by atoms with E-state index < -0.39 is 5.54 Å². The lowest BCUT2D eigenvalue weighted by molar-refractivity contribution is 0.285. The van der Waals surface area contributed by atoms with Gasteiger partial charge in [-0.3, -0.25) is 9.97 Å². The van der Waals surface area contributed by atoms with Gasteiger partial charge in [-0.25, -0.2) is 0 Å². The highest BCUT2D eigenvalue weighted by Crippen LogP contribution is 2.36. The number of fused-ring (bicyclic) bond motifs is 1. The minimum atomic E-state index is -0.456. The fraction of sp³-hybridized carbons (Fsp3) is 0.333. The van der Waals surface area contributed by atoms with E-state index in [-0.39, 0.29) is 0 Å². The van der Waals surface area contributed by atoms with Crippen molar-refractivity contribution in [1.82, 2.24) is 20.1 Å². The van der Waals surface area contributed by atoms with Gasteiger partial charge >= 0.3 is 0 Å². The lowest BCUT2D eigenvalue weighted by Crippen LogP contribution is -2.33. The molecule has 1 saturated carbocycles. The second-order valence-electron chi connectivity index (χ2n) is 5.55. The molecule has 21 heavy (non-hydrogen) atoms. The number of nitrogens with two attached hydrogens (primary N) is 1. The SMILES string of the molecule is NC1(c2nc(-c3ccc4nccnc4c3)no2)CCCC1. The van der Waals surface area contributed by atoms with Gasteiger partial charge < -0.3 is 10.3 Å². The third-order valence-corrected chi connectivity index (χ3v) is 4.08. The van der Waals surface area contributed by atoms with Crippen LogP contribution in [0.25, 0.3) is 22.4 Å². The van der Waals surface area contributed by atoms with Crippen molar-refractivity contribution in [2.45, 2.75) is 31.2 Å². The summed E-state index contributed by atoms with van der Waals surface area (Å²) in [5, 5.41) is 4.07. The van der Waals surface area contributed by atoms with E-state index in [0.717, 1.165) is 42.3 Å². The Morgan fingerprint density at radius 1 is 1.05 bits per heavy atom. The molecule has 0 atom stereocenters. The Morgan fingerprint density at radius 2 is 1.81 bits per heavy atom. The van der Waals surface area contributed by atoms with Crippen LogP contribution >= 0.6 is 0 Å². The van der Waals surface area contributed by atoms with Gasteiger partial charge in [0, 0.05) is 18.0 Å². The van der Waals surface area contributed by atoms with Crippen molar-refractivity contribution < 1.29 is 4.52 Å². The van der Waals surface area contributed by atoms with Gasteiger partial charge in [0.05, 0.1) is 16.6 Å². The van der Waals surface area contributed by atoms with Gasteiger partial charge in [-0.2, -0.15) is 4.98 Å². The fourth-order valence-electron chi connectivity index (χ4n) is 2.87. The van der Waals surface area contributed by atoms with Crippen molar-refractivity contribution in [3.05, 3.63) is 36.5 Å². The second kappa shape index (κ2) is 4.60. The molecule has 1 aliphatic carbocycles. The smallest absolute Gasteiger partial charge is 0.247 e. The molecule has 2 aromatic heterocycles. The quantitative estimate of drug-likeness (QED) is 0.775. The Kier molecular flexibility index (Phi) is 2.71. The number of hydrogen-bond acceptors (Lipinski definition) is 6. The molecule has 3 aromatic rings. The maximum Gasteiger partial charge on any atom is 0.247 e. The van der Waals surface area contributed by atoms with Crippen LogP contribution in [0, 0.1) is 0 Å². The summed E-state index contributed by atoms with van der Waals surface area (Å²) in [6.07, 6.45) is 7.36. The van der Waals surface area contributed by atoms with Gasteiger partial charge in [0.1, 0.15) is 0 Å². The van der Waals surface area contributed by atoms with E-state index in [1.54, 1.807) is 12.4 Å². The summed E-state index contributed by atoms with van der Waals surface area (Å²) in [6, 6.07) is 5.74. The monoisotopic (exact) mass is 281 g/mol. The van der Waals surface area contributed by atoms with Gasteiger partial charge in [0.25, 0.3) is 0 Å². The van der Waals surface area contributed by atoms with Gasteiger partial charge in [-0.1, -0.05) is 18.0 Å². The Balaban J connectivity index is 1.73. The van der Waals surface area contributed by atoms with Crippen molar-refractivity contribution in [2.24, 2.45) is 5.73 Å². The predicted molar refractivity (Wildman–Crippen MR) is 77.2 cm³/mol. The van der Waals surface area contributed by atoms with Crippen molar-refractivity contribution in [3.8, 4) is 11.4 Å². The van der Waals surface area contributed by atoms with E-state index in [4.69, 9.17) is 10.3 Å². The number of hydrogen-bond donors (Lipinski definition) is 1. The van der Waals surface area contributed by atoms with Crippen molar-refractivity contribution in [3.63, 3.8) is 0 Å². The fourth-order valence-corrected chi connectivity index (χ4v) is 2.87. The van der Waals surface area contributed by atoms with Crippen LogP contribution in [0.5, 0.6) is 0 Å². The van der Waals surface area contributed by atoms with Gasteiger partial charge in [-0.05, 0) is 31.0 Å². The lowest BCUT2D eigenvalue weighted by Gasteiger charge is -2.17. The standard InChI is InChI=1S/C15H15N5O/c16-15(5-1-2-6-15)14-19-13(20-21-14)10-3-4-11-12(9-10)18-8-7-17-11/h3-4,7-9H,1-2,5-6,16H2. The van der Waals surface area contributed by atoms with E-state index in [0.29, 0.717) is 11.7 Å². The Labute approximate surface area is 121 Å². The highest BCUT2D eigenvalue weighted by Gasteiger charge is 2.36. The summed E-state index contributed by atoms with van der Waals surface area (Å²) >= 11 is 0. The average molecular weight is 281 g/mol. The Morgan fingerprint density at radius 3 is 2.62 bits per heavy atom. The zero-order valence-electron chi connectivity index (χ0n) is 11.5. The average Bonchev–Trinajstić information content (AvgIpc) is 3.17. The largest absolute Gasteiger partial charge is 0.337 e. The minimum Gasteiger partial charge on any atom is -0.337 e. The highest BCUT2D eigenvalue weighted by atomic mass is 16.5. The van der Waals surface area contributed by atoms with Crippen molar-refractivity contribution >= 4 is 11.0 Å². The summed E-state index contributed by atoms with van der Waals surface area (Å²) in [6.45, 7) is 0. The summed E-state index contributed by atoms with van der Waals surface area (Å²) in [7, 11) is 0. The van der Waals surface area contributed by atoms with Crippen molar-refractivity contribution in [1.29, 1.82) is 0 Å². The zero-order valence-corrected chi connectivity index (χ0v) is 11.5. The predicted octanol–water partition coefficient (Wildman–Crippen LogP) is 2.41. The lowest BCUT2D eigenvalue weighted by atomic mass is 9.99. The molecule has 0 saturated heterocycles. The Bertz CT molecular complexity index is 791. The van der Waals surface area contributed by atoms with Crippen LogP contribution in [0.4, 0.5) is 0 Å². The summed E-state index contributed by atoms with van der Waals surface area (Å²) in [4.78, 5) is 13.0.